The highest BCUT2D eigenvalue weighted by Gasteiger charge is 2.32. The fourth-order valence-electron chi connectivity index (χ4n) is 4.93. The standard InChI is InChI=1S/C27H35FN4O5/c1-35-24-7-6-19(13-25(24)36-2)15-31-16-20(18-37-23-5-3-4-22(28)14-23)12-21(17-31)26(33)29-8-10-32-11-9-30-27(32)34/h3-7,13-14,20-21H,8-12,15-18H2,1-2H3,(H,29,33)(H,30,34)/t20-,21+/m0/s1. The maximum absolute atomic E-state index is 13.6. The Morgan fingerprint density at radius 1 is 1.14 bits per heavy atom. The molecule has 0 aromatic heterocycles. The Balaban J connectivity index is 1.40. The van der Waals surface area contributed by atoms with Crippen LogP contribution in [-0.2, 0) is 11.3 Å². The van der Waals surface area contributed by atoms with Crippen LogP contribution in [0.5, 0.6) is 17.2 Å². The van der Waals surface area contributed by atoms with Crippen LogP contribution in [0.2, 0.25) is 0 Å². The first-order valence-electron chi connectivity index (χ1n) is 12.6. The molecule has 200 valence electrons. The number of piperidine rings is 1. The van der Waals surface area contributed by atoms with E-state index < -0.39 is 0 Å². The molecule has 2 heterocycles. The molecule has 4 rings (SSSR count). The minimum absolute atomic E-state index is 0.0348. The molecule has 9 nitrogen and oxygen atoms in total. The third-order valence-corrected chi connectivity index (χ3v) is 6.75. The molecule has 3 amide bonds. The summed E-state index contributed by atoms with van der Waals surface area (Å²) in [5.41, 5.74) is 1.04. The SMILES string of the molecule is COc1ccc(CN2C[C@@H](COc3cccc(F)c3)C[C@@H](C(=O)NCCN3CCNC3=O)C2)cc1OC. The molecule has 2 N–H and O–H groups in total. The second-order valence-electron chi connectivity index (χ2n) is 9.46. The summed E-state index contributed by atoms with van der Waals surface area (Å²) in [5, 5.41) is 5.77. The number of carbonyl (C=O) groups is 2. The van der Waals surface area contributed by atoms with Crippen molar-refractivity contribution >= 4 is 11.9 Å². The molecule has 0 aliphatic carbocycles. The topological polar surface area (TPSA) is 92.4 Å². The zero-order valence-corrected chi connectivity index (χ0v) is 21.4. The fourth-order valence-corrected chi connectivity index (χ4v) is 4.93. The normalized spacial score (nSPS) is 19.9. The highest BCUT2D eigenvalue weighted by Crippen LogP contribution is 2.30. The van der Waals surface area contributed by atoms with Crippen LogP contribution in [0, 0.1) is 17.7 Å². The second-order valence-corrected chi connectivity index (χ2v) is 9.46. The molecular formula is C27H35FN4O5. The predicted octanol–water partition coefficient (Wildman–Crippen LogP) is 2.50. The van der Waals surface area contributed by atoms with Gasteiger partial charge in [0.1, 0.15) is 11.6 Å². The third-order valence-electron chi connectivity index (χ3n) is 6.75. The van der Waals surface area contributed by atoms with Gasteiger partial charge >= 0.3 is 6.03 Å². The zero-order chi connectivity index (χ0) is 26.2. The van der Waals surface area contributed by atoms with Gasteiger partial charge in [0.25, 0.3) is 0 Å². The van der Waals surface area contributed by atoms with E-state index in [1.165, 1.54) is 12.1 Å². The molecule has 0 radical (unpaired) electrons. The molecule has 0 unspecified atom stereocenters. The van der Waals surface area contributed by atoms with E-state index in [9.17, 15) is 14.0 Å². The van der Waals surface area contributed by atoms with Crippen LogP contribution < -0.4 is 24.8 Å². The van der Waals surface area contributed by atoms with Crippen molar-refractivity contribution in [2.75, 3.05) is 60.1 Å². The Labute approximate surface area is 216 Å². The van der Waals surface area contributed by atoms with E-state index in [-0.39, 0.29) is 29.6 Å². The Kier molecular flexibility index (Phi) is 9.05. The third kappa shape index (κ3) is 7.25. The summed E-state index contributed by atoms with van der Waals surface area (Å²) in [6.45, 7) is 4.51. The van der Waals surface area contributed by atoms with Crippen LogP contribution >= 0.6 is 0 Å². The maximum atomic E-state index is 13.6. The average Bonchev–Trinajstić information content (AvgIpc) is 3.31. The molecule has 37 heavy (non-hydrogen) atoms. The van der Waals surface area contributed by atoms with Gasteiger partial charge in [0.05, 0.1) is 26.7 Å². The van der Waals surface area contributed by atoms with Gasteiger partial charge in [0.2, 0.25) is 5.91 Å². The zero-order valence-electron chi connectivity index (χ0n) is 21.4. The molecule has 0 bridgehead atoms. The summed E-state index contributed by atoms with van der Waals surface area (Å²) in [7, 11) is 3.21. The molecule has 0 spiro atoms. The monoisotopic (exact) mass is 514 g/mol. The Hall–Kier alpha value is -3.53. The van der Waals surface area contributed by atoms with Crippen molar-refractivity contribution in [2.45, 2.75) is 13.0 Å². The summed E-state index contributed by atoms with van der Waals surface area (Å²) in [5.74, 6) is 1.26. The number of hydrogen-bond donors (Lipinski definition) is 2. The van der Waals surface area contributed by atoms with Crippen molar-refractivity contribution in [3.8, 4) is 17.2 Å². The van der Waals surface area contributed by atoms with Gasteiger partial charge < -0.3 is 29.7 Å². The number of rotatable bonds is 11. The lowest BCUT2D eigenvalue weighted by Gasteiger charge is -2.37. The van der Waals surface area contributed by atoms with Gasteiger partial charge in [-0.2, -0.15) is 0 Å². The Morgan fingerprint density at radius 2 is 1.97 bits per heavy atom. The Morgan fingerprint density at radius 3 is 2.70 bits per heavy atom. The largest absolute Gasteiger partial charge is 0.493 e. The molecule has 2 fully saturated rings. The van der Waals surface area contributed by atoms with Gasteiger partial charge in [0, 0.05) is 57.8 Å². The molecule has 10 heteroatoms. The molecule has 0 saturated carbocycles. The van der Waals surface area contributed by atoms with Gasteiger partial charge in [-0.15, -0.1) is 0 Å². The van der Waals surface area contributed by atoms with E-state index in [0.29, 0.717) is 69.5 Å². The summed E-state index contributed by atoms with van der Waals surface area (Å²) < 4.78 is 30.3. The number of carbonyl (C=O) groups excluding carboxylic acids is 2. The first kappa shape index (κ1) is 26.5. The van der Waals surface area contributed by atoms with Crippen molar-refractivity contribution in [3.63, 3.8) is 0 Å². The van der Waals surface area contributed by atoms with Crippen molar-refractivity contribution in [1.29, 1.82) is 0 Å². The van der Waals surface area contributed by atoms with Gasteiger partial charge in [0.15, 0.2) is 11.5 Å². The molecule has 2 saturated heterocycles. The first-order valence-corrected chi connectivity index (χ1v) is 12.6. The predicted molar refractivity (Wildman–Crippen MR) is 136 cm³/mol. The van der Waals surface area contributed by atoms with Crippen molar-refractivity contribution in [1.82, 2.24) is 20.4 Å². The van der Waals surface area contributed by atoms with Crippen molar-refractivity contribution in [2.24, 2.45) is 11.8 Å². The Bertz CT molecular complexity index is 1080. The fraction of sp³-hybridized carbons (Fsp3) is 0.481. The number of hydrogen-bond acceptors (Lipinski definition) is 6. The number of ether oxygens (including phenoxy) is 3. The maximum Gasteiger partial charge on any atom is 0.317 e. The number of nitrogens with one attached hydrogen (secondary N) is 2. The summed E-state index contributed by atoms with van der Waals surface area (Å²) >= 11 is 0. The second kappa shape index (κ2) is 12.6. The van der Waals surface area contributed by atoms with E-state index in [4.69, 9.17) is 14.2 Å². The molecule has 2 aromatic carbocycles. The summed E-state index contributed by atoms with van der Waals surface area (Å²) in [6.07, 6.45) is 0.660. The van der Waals surface area contributed by atoms with Gasteiger partial charge in [-0.1, -0.05) is 12.1 Å². The van der Waals surface area contributed by atoms with Crippen LogP contribution in [-0.4, -0.2) is 81.8 Å². The van der Waals surface area contributed by atoms with Crippen LogP contribution in [0.4, 0.5) is 9.18 Å². The lowest BCUT2D eigenvalue weighted by atomic mass is 9.88. The van der Waals surface area contributed by atoms with Crippen LogP contribution in [0.1, 0.15) is 12.0 Å². The lowest BCUT2D eigenvalue weighted by molar-refractivity contribution is -0.127. The number of amides is 3. The first-order chi connectivity index (χ1) is 17.9. The van der Waals surface area contributed by atoms with Crippen LogP contribution in [0.15, 0.2) is 42.5 Å². The average molecular weight is 515 g/mol. The van der Waals surface area contributed by atoms with E-state index in [1.807, 2.05) is 18.2 Å². The number of nitrogens with zero attached hydrogens (tertiary/aromatic N) is 2. The van der Waals surface area contributed by atoms with Crippen LogP contribution in [0.3, 0.4) is 0 Å². The summed E-state index contributed by atoms with van der Waals surface area (Å²) in [4.78, 5) is 28.8. The number of methoxy groups -OCH3 is 2. The van der Waals surface area contributed by atoms with Gasteiger partial charge in [-0.3, -0.25) is 9.69 Å². The highest BCUT2D eigenvalue weighted by atomic mass is 19.1. The number of urea groups is 1. The van der Waals surface area contributed by atoms with Crippen molar-refractivity contribution in [3.05, 3.63) is 53.8 Å². The quantitative estimate of drug-likeness (QED) is 0.479. The smallest absolute Gasteiger partial charge is 0.317 e. The van der Waals surface area contributed by atoms with E-state index in [0.717, 1.165) is 12.1 Å². The number of halogens is 1. The summed E-state index contributed by atoms with van der Waals surface area (Å²) in [6, 6.07) is 11.8. The van der Waals surface area contributed by atoms with Gasteiger partial charge in [-0.05, 0) is 36.2 Å². The highest BCUT2D eigenvalue weighted by molar-refractivity contribution is 5.79. The number of likely N-dealkylation sites (tertiary alicyclic amines) is 1. The molecule has 2 aliphatic heterocycles. The van der Waals surface area contributed by atoms with Crippen molar-refractivity contribution < 1.29 is 28.2 Å². The van der Waals surface area contributed by atoms with E-state index in [1.54, 1.807) is 31.3 Å². The van der Waals surface area contributed by atoms with E-state index in [2.05, 4.69) is 15.5 Å². The molecule has 2 aliphatic rings. The van der Waals surface area contributed by atoms with E-state index >= 15 is 0 Å². The molecule has 2 aromatic rings. The van der Waals surface area contributed by atoms with Crippen LogP contribution in [0.25, 0.3) is 0 Å². The molecule has 2 atom stereocenters. The minimum atomic E-state index is -0.347. The molecular weight excluding hydrogens is 479 g/mol. The number of benzene rings is 2. The van der Waals surface area contributed by atoms with Gasteiger partial charge in [-0.25, -0.2) is 9.18 Å². The minimum Gasteiger partial charge on any atom is -0.493 e. The lowest BCUT2D eigenvalue weighted by Crippen LogP contribution is -2.48.